The normalized spacial score (nSPS) is 16.8. The van der Waals surface area contributed by atoms with E-state index in [2.05, 4.69) is 5.32 Å². The monoisotopic (exact) mass is 229 g/mol. The third kappa shape index (κ3) is 4.61. The van der Waals surface area contributed by atoms with E-state index in [4.69, 9.17) is 9.84 Å². The topological polar surface area (TPSA) is 75.6 Å². The summed E-state index contributed by atoms with van der Waals surface area (Å²) in [6.45, 7) is 2.99. The standard InChI is InChI=1S/C11H19NO4/c1-2-6-16-7-5-9(13)12-10(11(14)15)8-3-4-8/h8,10H,2-7H2,1H3,(H,12,13)(H,14,15). The number of aliphatic carboxylic acids is 1. The van der Waals surface area contributed by atoms with Gasteiger partial charge in [-0.2, -0.15) is 0 Å². The first-order valence-electron chi connectivity index (χ1n) is 5.75. The van der Waals surface area contributed by atoms with E-state index in [1.54, 1.807) is 0 Å². The second-order valence-electron chi connectivity index (χ2n) is 4.08. The Morgan fingerprint density at radius 2 is 2.12 bits per heavy atom. The zero-order valence-corrected chi connectivity index (χ0v) is 9.57. The minimum absolute atomic E-state index is 0.123. The van der Waals surface area contributed by atoms with Gasteiger partial charge in [-0.05, 0) is 25.2 Å². The van der Waals surface area contributed by atoms with Crippen molar-refractivity contribution in [3.63, 3.8) is 0 Å². The van der Waals surface area contributed by atoms with Gasteiger partial charge in [0.2, 0.25) is 5.91 Å². The smallest absolute Gasteiger partial charge is 0.326 e. The molecule has 1 aliphatic rings. The second kappa shape index (κ2) is 6.48. The molecule has 0 spiro atoms. The average molecular weight is 229 g/mol. The first-order chi connectivity index (χ1) is 7.65. The lowest BCUT2D eigenvalue weighted by atomic mass is 10.2. The van der Waals surface area contributed by atoms with Crippen LogP contribution in [-0.4, -0.2) is 36.2 Å². The Hall–Kier alpha value is -1.10. The molecule has 92 valence electrons. The Kier molecular flexibility index (Phi) is 5.25. The molecule has 1 fully saturated rings. The first kappa shape index (κ1) is 13.0. The summed E-state index contributed by atoms with van der Waals surface area (Å²) in [5.41, 5.74) is 0. The summed E-state index contributed by atoms with van der Waals surface area (Å²) in [4.78, 5) is 22.2. The van der Waals surface area contributed by atoms with Gasteiger partial charge in [0, 0.05) is 13.0 Å². The summed E-state index contributed by atoms with van der Waals surface area (Å²) in [6, 6.07) is -0.710. The van der Waals surface area contributed by atoms with Crippen molar-refractivity contribution in [3.8, 4) is 0 Å². The Morgan fingerprint density at radius 3 is 2.62 bits per heavy atom. The molecule has 0 radical (unpaired) electrons. The summed E-state index contributed by atoms with van der Waals surface area (Å²) < 4.78 is 5.16. The van der Waals surface area contributed by atoms with E-state index in [1.807, 2.05) is 6.92 Å². The fourth-order valence-corrected chi connectivity index (χ4v) is 1.47. The number of rotatable bonds is 8. The van der Waals surface area contributed by atoms with Crippen LogP contribution in [0.3, 0.4) is 0 Å². The van der Waals surface area contributed by atoms with Crippen LogP contribution in [0.1, 0.15) is 32.6 Å². The highest BCUT2D eigenvalue weighted by Crippen LogP contribution is 2.32. The number of carboxylic acid groups (broad SMARTS) is 1. The van der Waals surface area contributed by atoms with E-state index in [0.29, 0.717) is 13.2 Å². The Labute approximate surface area is 95.2 Å². The summed E-state index contributed by atoms with van der Waals surface area (Å²) in [5.74, 6) is -1.06. The maximum Gasteiger partial charge on any atom is 0.326 e. The van der Waals surface area contributed by atoms with Crippen LogP contribution in [0.2, 0.25) is 0 Å². The largest absolute Gasteiger partial charge is 0.480 e. The van der Waals surface area contributed by atoms with Gasteiger partial charge in [0.25, 0.3) is 0 Å². The lowest BCUT2D eigenvalue weighted by Crippen LogP contribution is -2.42. The van der Waals surface area contributed by atoms with E-state index in [1.165, 1.54) is 0 Å². The number of hydrogen-bond donors (Lipinski definition) is 2. The van der Waals surface area contributed by atoms with Crippen LogP contribution in [0, 0.1) is 5.92 Å². The highest BCUT2D eigenvalue weighted by atomic mass is 16.5. The van der Waals surface area contributed by atoms with Crippen molar-refractivity contribution >= 4 is 11.9 Å². The van der Waals surface area contributed by atoms with Gasteiger partial charge in [0.05, 0.1) is 6.61 Å². The maximum atomic E-state index is 11.4. The van der Waals surface area contributed by atoms with E-state index in [-0.39, 0.29) is 18.2 Å². The molecule has 0 aliphatic heterocycles. The summed E-state index contributed by atoms with van der Waals surface area (Å²) >= 11 is 0. The van der Waals surface area contributed by atoms with Crippen LogP contribution >= 0.6 is 0 Å². The maximum absolute atomic E-state index is 11.4. The average Bonchev–Trinajstić information content (AvgIpc) is 3.04. The zero-order chi connectivity index (χ0) is 12.0. The SMILES string of the molecule is CCCOCCC(=O)NC(C(=O)O)C1CC1. The van der Waals surface area contributed by atoms with Crippen molar-refractivity contribution in [2.75, 3.05) is 13.2 Å². The predicted molar refractivity (Wildman–Crippen MR) is 58.0 cm³/mol. The molecule has 1 aliphatic carbocycles. The zero-order valence-electron chi connectivity index (χ0n) is 9.57. The summed E-state index contributed by atoms with van der Waals surface area (Å²) in [5, 5.41) is 11.4. The third-order valence-electron chi connectivity index (χ3n) is 2.50. The van der Waals surface area contributed by atoms with Crippen LogP contribution in [0.4, 0.5) is 0 Å². The number of ether oxygens (including phenoxy) is 1. The lowest BCUT2D eigenvalue weighted by molar-refractivity contribution is -0.142. The molecule has 1 saturated carbocycles. The lowest BCUT2D eigenvalue weighted by Gasteiger charge is -2.13. The van der Waals surface area contributed by atoms with Crippen molar-refractivity contribution in [3.05, 3.63) is 0 Å². The van der Waals surface area contributed by atoms with Gasteiger partial charge in [-0.15, -0.1) is 0 Å². The number of carbonyl (C=O) groups is 2. The van der Waals surface area contributed by atoms with Gasteiger partial charge < -0.3 is 15.2 Å². The molecule has 0 bridgehead atoms. The predicted octanol–water partition coefficient (Wildman–Crippen LogP) is 0.782. The molecule has 1 unspecified atom stereocenters. The van der Waals surface area contributed by atoms with E-state index >= 15 is 0 Å². The molecule has 5 nitrogen and oxygen atoms in total. The van der Waals surface area contributed by atoms with Crippen molar-refractivity contribution in [2.24, 2.45) is 5.92 Å². The molecule has 0 aromatic carbocycles. The highest BCUT2D eigenvalue weighted by molar-refractivity contribution is 5.84. The van der Waals surface area contributed by atoms with E-state index < -0.39 is 12.0 Å². The first-order valence-corrected chi connectivity index (χ1v) is 5.75. The molecule has 1 amide bonds. The van der Waals surface area contributed by atoms with Crippen molar-refractivity contribution < 1.29 is 19.4 Å². The van der Waals surface area contributed by atoms with E-state index in [9.17, 15) is 9.59 Å². The molecule has 16 heavy (non-hydrogen) atoms. The number of hydrogen-bond acceptors (Lipinski definition) is 3. The van der Waals surface area contributed by atoms with Crippen molar-refractivity contribution in [1.29, 1.82) is 0 Å². The van der Waals surface area contributed by atoms with Gasteiger partial charge in [-0.25, -0.2) is 4.79 Å². The van der Waals surface area contributed by atoms with Crippen LogP contribution < -0.4 is 5.32 Å². The molecule has 1 atom stereocenters. The highest BCUT2D eigenvalue weighted by Gasteiger charge is 2.37. The van der Waals surface area contributed by atoms with Crippen LogP contribution in [0.15, 0.2) is 0 Å². The second-order valence-corrected chi connectivity index (χ2v) is 4.08. The van der Waals surface area contributed by atoms with Gasteiger partial charge in [-0.1, -0.05) is 6.92 Å². The van der Waals surface area contributed by atoms with Gasteiger partial charge in [0.15, 0.2) is 0 Å². The molecule has 1 rings (SSSR count). The molecular formula is C11H19NO4. The van der Waals surface area contributed by atoms with Crippen LogP contribution in [0.5, 0.6) is 0 Å². The van der Waals surface area contributed by atoms with Crippen LogP contribution in [-0.2, 0) is 14.3 Å². The summed E-state index contributed by atoms with van der Waals surface area (Å²) in [6.07, 6.45) is 2.94. The summed E-state index contributed by atoms with van der Waals surface area (Å²) in [7, 11) is 0. The Balaban J connectivity index is 2.18. The molecule has 0 saturated heterocycles. The van der Waals surface area contributed by atoms with Gasteiger partial charge in [0.1, 0.15) is 6.04 Å². The van der Waals surface area contributed by atoms with Crippen LogP contribution in [0.25, 0.3) is 0 Å². The molecule has 0 heterocycles. The molecule has 0 aromatic rings. The number of amides is 1. The third-order valence-corrected chi connectivity index (χ3v) is 2.50. The number of nitrogens with one attached hydrogen (secondary N) is 1. The Morgan fingerprint density at radius 1 is 1.44 bits per heavy atom. The number of carbonyl (C=O) groups excluding carboxylic acids is 1. The number of carboxylic acids is 1. The quantitative estimate of drug-likeness (QED) is 0.603. The van der Waals surface area contributed by atoms with Gasteiger partial charge in [-0.3, -0.25) is 4.79 Å². The molecule has 2 N–H and O–H groups in total. The molecule has 5 heteroatoms. The fourth-order valence-electron chi connectivity index (χ4n) is 1.47. The minimum Gasteiger partial charge on any atom is -0.480 e. The fraction of sp³-hybridized carbons (Fsp3) is 0.818. The molecular weight excluding hydrogens is 210 g/mol. The van der Waals surface area contributed by atoms with E-state index in [0.717, 1.165) is 19.3 Å². The minimum atomic E-state index is -0.940. The molecule has 0 aromatic heterocycles. The van der Waals surface area contributed by atoms with Crippen molar-refractivity contribution in [2.45, 2.75) is 38.6 Å². The Bertz CT molecular complexity index is 250. The van der Waals surface area contributed by atoms with Gasteiger partial charge >= 0.3 is 5.97 Å². The van der Waals surface area contributed by atoms with Crippen molar-refractivity contribution in [1.82, 2.24) is 5.32 Å².